The van der Waals surface area contributed by atoms with Crippen LogP contribution in [0, 0.1) is 0 Å². The molecule has 0 saturated carbocycles. The van der Waals surface area contributed by atoms with Crippen molar-refractivity contribution in [2.45, 2.75) is 24.7 Å². The van der Waals surface area contributed by atoms with E-state index in [2.05, 4.69) is 4.90 Å². The number of benzene rings is 2. The summed E-state index contributed by atoms with van der Waals surface area (Å²) in [6.07, 6.45) is 0.621. The van der Waals surface area contributed by atoms with Gasteiger partial charge in [0.1, 0.15) is 12.9 Å². The molecule has 0 radical (unpaired) electrons. The molecule has 4 rings (SSSR count). The quantitative estimate of drug-likeness (QED) is 0.788. The highest BCUT2D eigenvalue weighted by Crippen LogP contribution is 2.35. The first kappa shape index (κ1) is 15.8. The molecule has 2 aliphatic rings. The zero-order valence-electron chi connectivity index (χ0n) is 13.8. The molecule has 128 valence electrons. The van der Waals surface area contributed by atoms with E-state index in [0.717, 1.165) is 17.4 Å². The average molecular weight is 336 g/mol. The summed E-state index contributed by atoms with van der Waals surface area (Å²) in [7, 11) is 0. The number of carbonyl (C=O) groups is 2. The average Bonchev–Trinajstić information content (AvgIpc) is 3.01. The van der Waals surface area contributed by atoms with Gasteiger partial charge in [-0.3, -0.25) is 9.80 Å². The highest BCUT2D eigenvalue weighted by atomic mass is 16.6. The molecule has 2 fully saturated rings. The number of hydrogen-bond acceptors (Lipinski definition) is 4. The number of carbonyl (C=O) groups excluding carboxylic acids is 2. The Morgan fingerprint density at radius 2 is 1.72 bits per heavy atom. The minimum Gasteiger partial charge on any atom is -0.447 e. The second kappa shape index (κ2) is 6.69. The molecule has 2 saturated heterocycles. The summed E-state index contributed by atoms with van der Waals surface area (Å²) in [4.78, 5) is 27.8. The van der Waals surface area contributed by atoms with Crippen LogP contribution in [0.4, 0.5) is 4.79 Å². The number of rotatable bonds is 5. The van der Waals surface area contributed by atoms with Crippen LogP contribution in [0.5, 0.6) is 0 Å². The molecule has 0 spiro atoms. The zero-order valence-corrected chi connectivity index (χ0v) is 13.8. The van der Waals surface area contributed by atoms with Gasteiger partial charge in [-0.15, -0.1) is 0 Å². The molecule has 0 unspecified atom stereocenters. The molecule has 0 N–H and O–H groups in total. The van der Waals surface area contributed by atoms with Crippen molar-refractivity contribution in [1.29, 1.82) is 0 Å². The maximum absolute atomic E-state index is 12.3. The van der Waals surface area contributed by atoms with Crippen LogP contribution in [-0.4, -0.2) is 47.4 Å². The first-order chi connectivity index (χ1) is 12.3. The van der Waals surface area contributed by atoms with Crippen LogP contribution in [-0.2, 0) is 16.1 Å². The third-order valence-corrected chi connectivity index (χ3v) is 5.06. The first-order valence-corrected chi connectivity index (χ1v) is 8.51. The Morgan fingerprint density at radius 3 is 2.40 bits per heavy atom. The van der Waals surface area contributed by atoms with Gasteiger partial charge in [0, 0.05) is 13.1 Å². The van der Waals surface area contributed by atoms with Crippen LogP contribution >= 0.6 is 0 Å². The molecule has 3 atom stereocenters. The van der Waals surface area contributed by atoms with Gasteiger partial charge < -0.3 is 9.53 Å². The highest BCUT2D eigenvalue weighted by molar-refractivity contribution is 5.73. The van der Waals surface area contributed by atoms with Gasteiger partial charge >= 0.3 is 6.09 Å². The van der Waals surface area contributed by atoms with E-state index in [-0.39, 0.29) is 24.2 Å². The number of hydrogen-bond donors (Lipinski definition) is 0. The lowest BCUT2D eigenvalue weighted by molar-refractivity contribution is -0.122. The van der Waals surface area contributed by atoms with Gasteiger partial charge in [-0.25, -0.2) is 4.79 Å². The third kappa shape index (κ3) is 2.91. The Balaban J connectivity index is 1.51. The first-order valence-electron chi connectivity index (χ1n) is 8.51. The Morgan fingerprint density at radius 1 is 1.04 bits per heavy atom. The minimum absolute atomic E-state index is 0.125. The van der Waals surface area contributed by atoms with E-state index in [9.17, 15) is 9.59 Å². The molecule has 2 heterocycles. The van der Waals surface area contributed by atoms with Crippen molar-refractivity contribution in [1.82, 2.24) is 9.80 Å². The normalized spacial score (nSPS) is 26.2. The fraction of sp³-hybridized carbons (Fsp3) is 0.300. The van der Waals surface area contributed by atoms with Crippen molar-refractivity contribution in [2.75, 3.05) is 13.2 Å². The Hall–Kier alpha value is -2.66. The lowest BCUT2D eigenvalue weighted by Crippen LogP contribution is -2.67. The van der Waals surface area contributed by atoms with Crippen molar-refractivity contribution < 1.29 is 14.3 Å². The molecule has 2 aromatic rings. The Kier molecular flexibility index (Phi) is 4.24. The van der Waals surface area contributed by atoms with Crippen molar-refractivity contribution in [3.8, 4) is 0 Å². The summed E-state index contributed by atoms with van der Waals surface area (Å²) >= 11 is 0. The van der Waals surface area contributed by atoms with Crippen LogP contribution in [0.25, 0.3) is 0 Å². The summed E-state index contributed by atoms with van der Waals surface area (Å²) in [6.45, 7) is 1.72. The molecule has 2 aliphatic heterocycles. The molecule has 1 amide bonds. The number of likely N-dealkylation sites (tertiary alicyclic amines) is 1. The summed E-state index contributed by atoms with van der Waals surface area (Å²) < 4.78 is 5.29. The molecule has 5 heteroatoms. The Bertz CT molecular complexity index is 750. The summed E-state index contributed by atoms with van der Waals surface area (Å²) in [5, 5.41) is 0. The standard InChI is InChI=1S/C20H20N2O3/c23-13-18-17(12-21(18)11-15-7-3-1-4-8-15)22-19(14-25-20(22)24)16-9-5-2-6-10-16/h1-10,13,17-19H,11-12,14H2/t17-,18-,19-/m1/s1. The second-order valence-corrected chi connectivity index (χ2v) is 6.52. The molecular weight excluding hydrogens is 316 g/mol. The number of cyclic esters (lactones) is 1. The van der Waals surface area contributed by atoms with E-state index >= 15 is 0 Å². The van der Waals surface area contributed by atoms with Crippen LogP contribution in [0.2, 0.25) is 0 Å². The van der Waals surface area contributed by atoms with Gasteiger partial charge in [-0.05, 0) is 11.1 Å². The van der Waals surface area contributed by atoms with Crippen LogP contribution in [0.15, 0.2) is 60.7 Å². The monoisotopic (exact) mass is 336 g/mol. The number of ether oxygens (including phenoxy) is 1. The highest BCUT2D eigenvalue weighted by Gasteiger charge is 2.49. The molecular formula is C20H20N2O3. The van der Waals surface area contributed by atoms with Crippen LogP contribution in [0.3, 0.4) is 0 Å². The van der Waals surface area contributed by atoms with Crippen molar-refractivity contribution in [3.63, 3.8) is 0 Å². The van der Waals surface area contributed by atoms with Gasteiger partial charge in [0.05, 0.1) is 18.1 Å². The maximum Gasteiger partial charge on any atom is 0.410 e. The summed E-state index contributed by atoms with van der Waals surface area (Å²) in [5.74, 6) is 0. The van der Waals surface area contributed by atoms with Gasteiger partial charge in [-0.2, -0.15) is 0 Å². The maximum atomic E-state index is 12.3. The van der Waals surface area contributed by atoms with E-state index in [1.54, 1.807) is 4.90 Å². The van der Waals surface area contributed by atoms with Crippen LogP contribution in [0.1, 0.15) is 17.2 Å². The lowest BCUT2D eigenvalue weighted by atomic mass is 9.92. The van der Waals surface area contributed by atoms with Gasteiger partial charge in [0.2, 0.25) is 0 Å². The number of amides is 1. The largest absolute Gasteiger partial charge is 0.447 e. The van der Waals surface area contributed by atoms with E-state index in [1.165, 1.54) is 0 Å². The van der Waals surface area contributed by atoms with Crippen LogP contribution < -0.4 is 0 Å². The van der Waals surface area contributed by atoms with E-state index < -0.39 is 0 Å². The number of aldehydes is 1. The predicted octanol–water partition coefficient (Wildman–Crippen LogP) is 2.63. The Labute approximate surface area is 146 Å². The molecule has 5 nitrogen and oxygen atoms in total. The predicted molar refractivity (Wildman–Crippen MR) is 92.9 cm³/mol. The van der Waals surface area contributed by atoms with E-state index in [1.807, 2.05) is 60.7 Å². The molecule has 0 aromatic heterocycles. The smallest absolute Gasteiger partial charge is 0.410 e. The fourth-order valence-electron chi connectivity index (χ4n) is 3.72. The molecule has 2 aromatic carbocycles. The van der Waals surface area contributed by atoms with E-state index in [0.29, 0.717) is 19.7 Å². The molecule has 0 bridgehead atoms. The summed E-state index contributed by atoms with van der Waals surface area (Å²) in [5.41, 5.74) is 2.20. The topological polar surface area (TPSA) is 49.9 Å². The van der Waals surface area contributed by atoms with Gasteiger partial charge in [-0.1, -0.05) is 60.7 Å². The van der Waals surface area contributed by atoms with E-state index in [4.69, 9.17) is 4.74 Å². The zero-order chi connectivity index (χ0) is 17.2. The fourth-order valence-corrected chi connectivity index (χ4v) is 3.72. The van der Waals surface area contributed by atoms with Crippen molar-refractivity contribution >= 4 is 12.4 Å². The van der Waals surface area contributed by atoms with Crippen molar-refractivity contribution in [3.05, 3.63) is 71.8 Å². The lowest BCUT2D eigenvalue weighted by Gasteiger charge is -2.49. The number of nitrogens with zero attached hydrogens (tertiary/aromatic N) is 2. The van der Waals surface area contributed by atoms with Gasteiger partial charge in [0.15, 0.2) is 0 Å². The summed E-state index contributed by atoms with van der Waals surface area (Å²) in [6, 6.07) is 19.3. The SMILES string of the molecule is O=C[C@@H]1[C@H](N2C(=O)OC[C@@H]2c2ccccc2)CN1Cc1ccccc1. The third-order valence-electron chi connectivity index (χ3n) is 5.06. The second-order valence-electron chi connectivity index (χ2n) is 6.52. The molecule has 0 aliphatic carbocycles. The minimum atomic E-state index is -0.329. The molecule has 25 heavy (non-hydrogen) atoms. The van der Waals surface area contributed by atoms with Crippen molar-refractivity contribution in [2.24, 2.45) is 0 Å². The van der Waals surface area contributed by atoms with Gasteiger partial charge in [0.25, 0.3) is 0 Å².